The maximum atomic E-state index is 12.3. The van der Waals surface area contributed by atoms with Crippen LogP contribution in [0.3, 0.4) is 0 Å². The second kappa shape index (κ2) is 10.1. The summed E-state index contributed by atoms with van der Waals surface area (Å²) in [7, 11) is -0.963. The van der Waals surface area contributed by atoms with Crippen LogP contribution in [0.1, 0.15) is 16.7 Å². The lowest BCUT2D eigenvalue weighted by Crippen LogP contribution is -2.21. The zero-order chi connectivity index (χ0) is 22.3. The van der Waals surface area contributed by atoms with Gasteiger partial charge in [-0.2, -0.15) is 5.10 Å². The predicted molar refractivity (Wildman–Crippen MR) is 118 cm³/mol. The van der Waals surface area contributed by atoms with E-state index in [1.165, 1.54) is 26.3 Å². The van der Waals surface area contributed by atoms with E-state index in [-0.39, 0.29) is 16.6 Å². The highest BCUT2D eigenvalue weighted by Crippen LogP contribution is 2.25. The monoisotopic (exact) mass is 440 g/mol. The van der Waals surface area contributed by atoms with E-state index in [0.29, 0.717) is 18.7 Å². The second-order valence-electron chi connectivity index (χ2n) is 6.64. The van der Waals surface area contributed by atoms with Crippen LogP contribution in [-0.2, 0) is 27.9 Å². The molecule has 1 aromatic heterocycles. The molecule has 1 amide bonds. The highest BCUT2D eigenvalue weighted by molar-refractivity contribution is 7.89. The van der Waals surface area contributed by atoms with Gasteiger partial charge in [-0.1, -0.05) is 30.3 Å². The molecule has 0 bridgehead atoms. The SMILES string of the molecule is CNS(=O)(=O)c1cc(/C=C/C(=O)NCc2ccccc2Cn2cccn2)ccc1OC. The summed E-state index contributed by atoms with van der Waals surface area (Å²) in [6.45, 7) is 0.978. The molecular weight excluding hydrogens is 416 g/mol. The average molecular weight is 441 g/mol. The van der Waals surface area contributed by atoms with Crippen molar-refractivity contribution in [2.75, 3.05) is 14.2 Å². The third-order valence-electron chi connectivity index (χ3n) is 4.64. The van der Waals surface area contributed by atoms with Gasteiger partial charge in [0.05, 0.1) is 13.7 Å². The normalized spacial score (nSPS) is 11.5. The molecule has 3 rings (SSSR count). The highest BCUT2D eigenvalue weighted by atomic mass is 32.2. The summed E-state index contributed by atoms with van der Waals surface area (Å²) < 4.78 is 33.6. The highest BCUT2D eigenvalue weighted by Gasteiger charge is 2.17. The van der Waals surface area contributed by atoms with Crippen LogP contribution in [0.5, 0.6) is 5.75 Å². The molecule has 31 heavy (non-hydrogen) atoms. The number of sulfonamides is 1. The van der Waals surface area contributed by atoms with Gasteiger partial charge >= 0.3 is 0 Å². The minimum Gasteiger partial charge on any atom is -0.495 e. The van der Waals surface area contributed by atoms with Gasteiger partial charge in [-0.05, 0) is 48.0 Å². The number of aromatic nitrogens is 2. The molecule has 162 valence electrons. The van der Waals surface area contributed by atoms with Crippen LogP contribution in [0.15, 0.2) is 71.9 Å². The minimum atomic E-state index is -3.69. The van der Waals surface area contributed by atoms with Crippen molar-refractivity contribution in [1.82, 2.24) is 19.8 Å². The van der Waals surface area contributed by atoms with Crippen LogP contribution in [-0.4, -0.2) is 38.3 Å². The number of carbonyl (C=O) groups is 1. The Morgan fingerprint density at radius 2 is 1.94 bits per heavy atom. The van der Waals surface area contributed by atoms with Crippen molar-refractivity contribution in [2.24, 2.45) is 0 Å². The van der Waals surface area contributed by atoms with Crippen LogP contribution in [0.2, 0.25) is 0 Å². The van der Waals surface area contributed by atoms with Gasteiger partial charge in [0.1, 0.15) is 10.6 Å². The van der Waals surface area contributed by atoms with Crippen LogP contribution >= 0.6 is 0 Å². The largest absolute Gasteiger partial charge is 0.495 e. The number of nitrogens with zero attached hydrogens (tertiary/aromatic N) is 2. The summed E-state index contributed by atoms with van der Waals surface area (Å²) in [6.07, 6.45) is 6.53. The molecule has 0 saturated carbocycles. The lowest BCUT2D eigenvalue weighted by Gasteiger charge is -2.10. The van der Waals surface area contributed by atoms with Crippen molar-refractivity contribution >= 4 is 22.0 Å². The van der Waals surface area contributed by atoms with Gasteiger partial charge in [-0.3, -0.25) is 9.48 Å². The van der Waals surface area contributed by atoms with Crippen molar-refractivity contribution < 1.29 is 17.9 Å². The number of ether oxygens (including phenoxy) is 1. The van der Waals surface area contributed by atoms with Crippen molar-refractivity contribution in [2.45, 2.75) is 18.0 Å². The third-order valence-corrected chi connectivity index (χ3v) is 6.07. The molecule has 0 aliphatic rings. The number of nitrogens with one attached hydrogen (secondary N) is 2. The second-order valence-corrected chi connectivity index (χ2v) is 8.50. The molecule has 0 radical (unpaired) electrons. The van der Waals surface area contributed by atoms with E-state index in [0.717, 1.165) is 11.1 Å². The summed E-state index contributed by atoms with van der Waals surface area (Å²) >= 11 is 0. The molecule has 9 heteroatoms. The smallest absolute Gasteiger partial charge is 0.244 e. The van der Waals surface area contributed by atoms with Crippen molar-refractivity contribution in [3.63, 3.8) is 0 Å². The van der Waals surface area contributed by atoms with Crippen LogP contribution in [0.25, 0.3) is 6.08 Å². The van der Waals surface area contributed by atoms with E-state index in [1.54, 1.807) is 24.4 Å². The van der Waals surface area contributed by atoms with Gasteiger partial charge in [0.15, 0.2) is 0 Å². The Kier molecular flexibility index (Phi) is 7.22. The van der Waals surface area contributed by atoms with Gasteiger partial charge < -0.3 is 10.1 Å². The maximum Gasteiger partial charge on any atom is 0.244 e. The first-order valence-electron chi connectivity index (χ1n) is 9.54. The molecule has 0 fully saturated rings. The zero-order valence-electron chi connectivity index (χ0n) is 17.3. The Morgan fingerprint density at radius 1 is 1.16 bits per heavy atom. The molecular formula is C22H24N4O4S. The maximum absolute atomic E-state index is 12.3. The number of hydrogen-bond donors (Lipinski definition) is 2. The molecule has 2 N–H and O–H groups in total. The molecule has 0 saturated heterocycles. The van der Waals surface area contributed by atoms with Crippen LogP contribution in [0, 0.1) is 0 Å². The third kappa shape index (κ3) is 5.80. The van der Waals surface area contributed by atoms with E-state index in [1.807, 2.05) is 41.2 Å². The van der Waals surface area contributed by atoms with Crippen LogP contribution in [0.4, 0.5) is 0 Å². The van der Waals surface area contributed by atoms with Gasteiger partial charge in [0.25, 0.3) is 0 Å². The van der Waals surface area contributed by atoms with E-state index >= 15 is 0 Å². The van der Waals surface area contributed by atoms with Crippen molar-refractivity contribution in [1.29, 1.82) is 0 Å². The fourth-order valence-electron chi connectivity index (χ4n) is 2.98. The van der Waals surface area contributed by atoms with E-state index in [4.69, 9.17) is 4.74 Å². The topological polar surface area (TPSA) is 102 Å². The Bertz CT molecular complexity index is 1170. The molecule has 0 spiro atoms. The standard InChI is InChI=1S/C22H24N4O4S/c1-23-31(28,29)21-14-17(8-10-20(21)30-2)9-11-22(27)24-15-18-6-3-4-7-19(18)16-26-13-5-12-25-26/h3-14,23H,15-16H2,1-2H3,(H,24,27)/b11-9+. The Balaban J connectivity index is 1.68. The molecule has 0 unspecified atom stereocenters. The molecule has 0 aliphatic heterocycles. The van der Waals surface area contributed by atoms with Crippen molar-refractivity contribution in [3.8, 4) is 5.75 Å². The Labute approximate surface area is 181 Å². The van der Waals surface area contributed by atoms with Crippen LogP contribution < -0.4 is 14.8 Å². The Morgan fingerprint density at radius 3 is 2.61 bits per heavy atom. The number of methoxy groups -OCH3 is 1. The number of rotatable bonds is 9. The first-order valence-corrected chi connectivity index (χ1v) is 11.0. The summed E-state index contributed by atoms with van der Waals surface area (Å²) in [5.41, 5.74) is 2.61. The number of benzene rings is 2. The number of carbonyl (C=O) groups excluding carboxylic acids is 1. The van der Waals surface area contributed by atoms with E-state index < -0.39 is 10.0 Å². The van der Waals surface area contributed by atoms with Crippen molar-refractivity contribution in [3.05, 3.63) is 83.7 Å². The number of hydrogen-bond acceptors (Lipinski definition) is 5. The molecule has 1 heterocycles. The van der Waals surface area contributed by atoms with Gasteiger partial charge in [0.2, 0.25) is 15.9 Å². The fourth-order valence-corrected chi connectivity index (χ4v) is 3.91. The predicted octanol–water partition coefficient (Wildman–Crippen LogP) is 2.18. The summed E-state index contributed by atoms with van der Waals surface area (Å²) in [4.78, 5) is 12.3. The van der Waals surface area contributed by atoms with E-state index in [9.17, 15) is 13.2 Å². The van der Waals surface area contributed by atoms with E-state index in [2.05, 4.69) is 15.1 Å². The Hall–Kier alpha value is -3.43. The molecule has 3 aromatic rings. The quantitative estimate of drug-likeness (QED) is 0.497. The van der Waals surface area contributed by atoms with Gasteiger partial charge in [0, 0.05) is 25.0 Å². The summed E-state index contributed by atoms with van der Waals surface area (Å²) in [5.74, 6) is -0.0625. The first kappa shape index (κ1) is 22.3. The molecule has 0 aliphatic carbocycles. The molecule has 0 atom stereocenters. The zero-order valence-corrected chi connectivity index (χ0v) is 18.1. The summed E-state index contributed by atoms with van der Waals surface area (Å²) in [6, 6.07) is 14.4. The lowest BCUT2D eigenvalue weighted by molar-refractivity contribution is -0.116. The average Bonchev–Trinajstić information content (AvgIpc) is 3.30. The lowest BCUT2D eigenvalue weighted by atomic mass is 10.1. The minimum absolute atomic E-state index is 0.00704. The number of amides is 1. The molecule has 2 aromatic carbocycles. The van der Waals surface area contributed by atoms with Gasteiger partial charge in [-0.15, -0.1) is 0 Å². The van der Waals surface area contributed by atoms with Gasteiger partial charge in [-0.25, -0.2) is 13.1 Å². The fraction of sp³-hybridized carbons (Fsp3) is 0.182. The first-order chi connectivity index (χ1) is 14.9. The molecule has 8 nitrogen and oxygen atoms in total. The summed E-state index contributed by atoms with van der Waals surface area (Å²) in [5, 5.41) is 7.07.